The molecular formula is C16H22N2O5S. The summed E-state index contributed by atoms with van der Waals surface area (Å²) in [5.74, 6) is -1.89. The van der Waals surface area contributed by atoms with Crippen LogP contribution in [0.5, 0.6) is 0 Å². The average molecular weight is 354 g/mol. The van der Waals surface area contributed by atoms with E-state index >= 15 is 0 Å². The number of nitrogens with zero attached hydrogens (tertiary/aromatic N) is 1. The summed E-state index contributed by atoms with van der Waals surface area (Å²) in [6.07, 6.45) is 0.954. The summed E-state index contributed by atoms with van der Waals surface area (Å²) in [7, 11) is -3.21. The van der Waals surface area contributed by atoms with E-state index in [2.05, 4.69) is 5.32 Å². The Labute approximate surface area is 141 Å². The Morgan fingerprint density at radius 2 is 1.96 bits per heavy atom. The second-order valence-electron chi connectivity index (χ2n) is 5.85. The molecule has 1 saturated heterocycles. The third-order valence-corrected chi connectivity index (χ3v) is 5.97. The summed E-state index contributed by atoms with van der Waals surface area (Å²) in [5, 5.41) is 11.9. The Morgan fingerprint density at radius 3 is 2.54 bits per heavy atom. The molecule has 1 aliphatic heterocycles. The molecule has 1 fully saturated rings. The van der Waals surface area contributed by atoms with Gasteiger partial charge in [-0.15, -0.1) is 0 Å². The van der Waals surface area contributed by atoms with Crippen LogP contribution < -0.4 is 5.32 Å². The first-order chi connectivity index (χ1) is 11.4. The minimum absolute atomic E-state index is 0.0236. The van der Waals surface area contributed by atoms with E-state index in [1.54, 1.807) is 0 Å². The summed E-state index contributed by atoms with van der Waals surface area (Å²) in [6, 6.07) is 9.21. The predicted molar refractivity (Wildman–Crippen MR) is 88.9 cm³/mol. The fraction of sp³-hybridized carbons (Fsp3) is 0.500. The molecule has 0 spiro atoms. The molecule has 1 unspecified atom stereocenters. The SMILES string of the molecule is O=C(CCN1CCCS1(=O)=O)NCC(Cc1ccccc1)C(=O)O. The van der Waals surface area contributed by atoms with Crippen LogP contribution in [0.15, 0.2) is 30.3 Å². The lowest BCUT2D eigenvalue weighted by Crippen LogP contribution is -2.36. The molecule has 1 aliphatic rings. The molecule has 1 aromatic rings. The van der Waals surface area contributed by atoms with Gasteiger partial charge in [-0.25, -0.2) is 12.7 Å². The molecular weight excluding hydrogens is 332 g/mol. The molecule has 1 amide bonds. The smallest absolute Gasteiger partial charge is 0.308 e. The quantitative estimate of drug-likeness (QED) is 0.706. The van der Waals surface area contributed by atoms with Crippen LogP contribution in [0, 0.1) is 5.92 Å². The maximum Gasteiger partial charge on any atom is 0.308 e. The molecule has 2 N–H and O–H groups in total. The van der Waals surface area contributed by atoms with Crippen molar-refractivity contribution in [1.29, 1.82) is 0 Å². The zero-order valence-electron chi connectivity index (χ0n) is 13.3. The van der Waals surface area contributed by atoms with Crippen molar-refractivity contribution in [1.82, 2.24) is 9.62 Å². The molecule has 0 saturated carbocycles. The van der Waals surface area contributed by atoms with Crippen molar-refractivity contribution in [3.63, 3.8) is 0 Å². The summed E-state index contributed by atoms with van der Waals surface area (Å²) >= 11 is 0. The first-order valence-corrected chi connectivity index (χ1v) is 9.50. The van der Waals surface area contributed by atoms with Gasteiger partial charge in [-0.05, 0) is 18.4 Å². The Balaban J connectivity index is 1.79. The number of carboxylic acids is 1. The van der Waals surface area contributed by atoms with Gasteiger partial charge in [0.15, 0.2) is 0 Å². The number of hydrogen-bond donors (Lipinski definition) is 2. The summed E-state index contributed by atoms with van der Waals surface area (Å²) in [6.45, 7) is 0.613. The zero-order chi connectivity index (χ0) is 17.6. The monoisotopic (exact) mass is 354 g/mol. The van der Waals surface area contributed by atoms with Crippen molar-refractivity contribution in [3.05, 3.63) is 35.9 Å². The maximum absolute atomic E-state index is 11.9. The van der Waals surface area contributed by atoms with Crippen molar-refractivity contribution in [2.24, 2.45) is 5.92 Å². The van der Waals surface area contributed by atoms with Crippen molar-refractivity contribution in [2.45, 2.75) is 19.3 Å². The van der Waals surface area contributed by atoms with Gasteiger partial charge in [0.05, 0.1) is 11.7 Å². The van der Waals surface area contributed by atoms with Gasteiger partial charge >= 0.3 is 5.97 Å². The Kier molecular flexibility index (Phi) is 6.33. The van der Waals surface area contributed by atoms with Crippen LogP contribution in [-0.4, -0.2) is 55.1 Å². The lowest BCUT2D eigenvalue weighted by Gasteiger charge is -2.16. The minimum atomic E-state index is -3.21. The fourth-order valence-corrected chi connectivity index (χ4v) is 4.17. The summed E-state index contributed by atoms with van der Waals surface area (Å²) in [4.78, 5) is 23.2. The molecule has 0 radical (unpaired) electrons. The van der Waals surface area contributed by atoms with E-state index in [-0.39, 0.29) is 31.2 Å². The molecule has 0 aromatic heterocycles. The average Bonchev–Trinajstić information content (AvgIpc) is 2.88. The highest BCUT2D eigenvalue weighted by Gasteiger charge is 2.28. The van der Waals surface area contributed by atoms with E-state index in [4.69, 9.17) is 0 Å². The van der Waals surface area contributed by atoms with Crippen molar-refractivity contribution >= 4 is 21.9 Å². The number of benzene rings is 1. The normalized spacial score (nSPS) is 18.2. The molecule has 132 valence electrons. The number of aliphatic carboxylic acids is 1. The first-order valence-electron chi connectivity index (χ1n) is 7.90. The lowest BCUT2D eigenvalue weighted by molar-refractivity contribution is -0.141. The third-order valence-electron chi connectivity index (χ3n) is 4.01. The third kappa shape index (κ3) is 5.31. The Hall–Kier alpha value is -1.93. The molecule has 24 heavy (non-hydrogen) atoms. The molecule has 8 heteroatoms. The van der Waals surface area contributed by atoms with Gasteiger partial charge in [-0.2, -0.15) is 0 Å². The number of carboxylic acid groups (broad SMARTS) is 1. The largest absolute Gasteiger partial charge is 0.481 e. The predicted octanol–water partition coefficient (Wildman–Crippen LogP) is 0.472. The second-order valence-corrected chi connectivity index (χ2v) is 7.94. The first kappa shape index (κ1) is 18.4. The van der Waals surface area contributed by atoms with E-state index in [9.17, 15) is 23.1 Å². The molecule has 2 rings (SSSR count). The Bertz CT molecular complexity index is 675. The summed E-state index contributed by atoms with van der Waals surface area (Å²) in [5.41, 5.74) is 0.891. The van der Waals surface area contributed by atoms with Crippen LogP contribution >= 0.6 is 0 Å². The highest BCUT2D eigenvalue weighted by atomic mass is 32.2. The summed E-state index contributed by atoms with van der Waals surface area (Å²) < 4.78 is 24.6. The van der Waals surface area contributed by atoms with Gasteiger partial charge in [0.25, 0.3) is 0 Å². The molecule has 1 heterocycles. The number of hydrogen-bond acceptors (Lipinski definition) is 4. The van der Waals surface area contributed by atoms with Crippen LogP contribution in [-0.2, 0) is 26.0 Å². The van der Waals surface area contributed by atoms with Crippen LogP contribution in [0.2, 0.25) is 0 Å². The highest BCUT2D eigenvalue weighted by Crippen LogP contribution is 2.13. The topological polar surface area (TPSA) is 104 Å². The van der Waals surface area contributed by atoms with Gasteiger partial charge in [0, 0.05) is 26.1 Å². The van der Waals surface area contributed by atoms with Crippen molar-refractivity contribution in [3.8, 4) is 0 Å². The molecule has 0 bridgehead atoms. The van der Waals surface area contributed by atoms with E-state index in [0.29, 0.717) is 19.4 Å². The maximum atomic E-state index is 11.9. The van der Waals surface area contributed by atoms with E-state index in [0.717, 1.165) is 5.56 Å². The molecule has 1 aromatic carbocycles. The van der Waals surface area contributed by atoms with Gasteiger partial charge in [0.1, 0.15) is 0 Å². The molecule has 7 nitrogen and oxygen atoms in total. The zero-order valence-corrected chi connectivity index (χ0v) is 14.2. The van der Waals surface area contributed by atoms with Gasteiger partial charge in [-0.3, -0.25) is 9.59 Å². The van der Waals surface area contributed by atoms with Crippen molar-refractivity contribution < 1.29 is 23.1 Å². The van der Waals surface area contributed by atoms with Crippen LogP contribution in [0.1, 0.15) is 18.4 Å². The minimum Gasteiger partial charge on any atom is -0.481 e. The fourth-order valence-electron chi connectivity index (χ4n) is 2.64. The number of carbonyl (C=O) groups excluding carboxylic acids is 1. The van der Waals surface area contributed by atoms with Crippen LogP contribution in [0.25, 0.3) is 0 Å². The molecule has 1 atom stereocenters. The van der Waals surface area contributed by atoms with Crippen LogP contribution in [0.4, 0.5) is 0 Å². The number of rotatable bonds is 8. The van der Waals surface area contributed by atoms with E-state index < -0.39 is 21.9 Å². The highest BCUT2D eigenvalue weighted by molar-refractivity contribution is 7.89. The van der Waals surface area contributed by atoms with Gasteiger partial charge in [-0.1, -0.05) is 30.3 Å². The second kappa shape index (κ2) is 8.25. The van der Waals surface area contributed by atoms with E-state index in [1.807, 2.05) is 30.3 Å². The van der Waals surface area contributed by atoms with Gasteiger partial charge in [0.2, 0.25) is 15.9 Å². The van der Waals surface area contributed by atoms with E-state index in [1.165, 1.54) is 4.31 Å². The number of amides is 1. The number of nitrogens with one attached hydrogen (secondary N) is 1. The van der Waals surface area contributed by atoms with Crippen LogP contribution in [0.3, 0.4) is 0 Å². The lowest BCUT2D eigenvalue weighted by atomic mass is 9.99. The Morgan fingerprint density at radius 1 is 1.25 bits per heavy atom. The number of carbonyl (C=O) groups is 2. The van der Waals surface area contributed by atoms with Crippen molar-refractivity contribution in [2.75, 3.05) is 25.4 Å². The molecule has 0 aliphatic carbocycles. The van der Waals surface area contributed by atoms with Gasteiger partial charge < -0.3 is 10.4 Å². The standard InChI is InChI=1S/C16H22N2O5S/c19-15(7-9-18-8-4-10-24(18,22)23)17-12-14(16(20)21)11-13-5-2-1-3-6-13/h1-3,5-6,14H,4,7-12H2,(H,17,19)(H,20,21). The number of sulfonamides is 1.